The Hall–Kier alpha value is -2.70. The molecule has 0 N–H and O–H groups in total. The molecule has 0 fully saturated rings. The van der Waals surface area contributed by atoms with Crippen LogP contribution in [0.3, 0.4) is 0 Å². The Morgan fingerprint density at radius 1 is 1.19 bits per heavy atom. The lowest BCUT2D eigenvalue weighted by Gasteiger charge is -2.27. The Morgan fingerprint density at radius 3 is 2.53 bits per heavy atom. The molecule has 1 aliphatic rings. The van der Waals surface area contributed by atoms with Crippen LogP contribution < -0.4 is 0 Å². The van der Waals surface area contributed by atoms with Crippen LogP contribution in [0.2, 0.25) is 4.78 Å². The van der Waals surface area contributed by atoms with Crippen molar-refractivity contribution < 1.29 is 9.53 Å². The van der Waals surface area contributed by atoms with Crippen LogP contribution in [0.25, 0.3) is 11.8 Å². The summed E-state index contributed by atoms with van der Waals surface area (Å²) in [5.74, 6) is -0.340. The van der Waals surface area contributed by atoms with Crippen LogP contribution in [0.1, 0.15) is 76.4 Å². The second kappa shape index (κ2) is 11.6. The van der Waals surface area contributed by atoms with E-state index in [0.29, 0.717) is 30.6 Å². The summed E-state index contributed by atoms with van der Waals surface area (Å²) >= 11 is 2.77. The number of fused-ring (bicyclic) bond motifs is 1. The minimum absolute atomic E-state index is 0.124. The van der Waals surface area contributed by atoms with Crippen molar-refractivity contribution >= 4 is 34.0 Å². The highest BCUT2D eigenvalue weighted by molar-refractivity contribution is 6.13. The number of carbonyl (C=O) groups is 1. The number of aromatic nitrogens is 3. The van der Waals surface area contributed by atoms with Gasteiger partial charge in [-0.1, -0.05) is 56.7 Å². The third kappa shape index (κ3) is 6.35. The van der Waals surface area contributed by atoms with Gasteiger partial charge in [0.1, 0.15) is 33.4 Å². The van der Waals surface area contributed by atoms with Crippen LogP contribution in [0.15, 0.2) is 28.6 Å². The minimum atomic E-state index is -0.420. The number of hydrogen-bond donors (Lipinski definition) is 0. The smallest absolute Gasteiger partial charge is 0.306 e. The molecule has 1 aliphatic carbocycles. The Morgan fingerprint density at radius 2 is 1.92 bits per heavy atom. The minimum Gasteiger partial charge on any atom is -0.465 e. The highest BCUT2D eigenvalue weighted by atomic mass is 27.0. The van der Waals surface area contributed by atoms with E-state index >= 15 is 0 Å². The number of benzene rings is 1. The fraction of sp³-hybridized carbons (Fsp3) is 0.577. The average Bonchev–Trinajstić information content (AvgIpc) is 3.27. The molecule has 1 aromatic carbocycles. The van der Waals surface area contributed by atoms with Crippen molar-refractivity contribution in [1.82, 2.24) is 15.0 Å². The van der Waals surface area contributed by atoms with E-state index in [9.17, 15) is 14.6 Å². The van der Waals surface area contributed by atoms with Gasteiger partial charge in [-0.3, -0.25) is 4.79 Å². The Balaban J connectivity index is 1.87. The van der Waals surface area contributed by atoms with Gasteiger partial charge in [-0.2, -0.15) is 10.0 Å². The van der Waals surface area contributed by atoms with Gasteiger partial charge >= 0.3 is 5.97 Å². The molecular weight excluding hydrogens is 473 g/mol. The van der Waals surface area contributed by atoms with Crippen LogP contribution >= 0.6 is 0 Å². The number of nitroso groups, excluding NO2 is 2. The van der Waals surface area contributed by atoms with Gasteiger partial charge in [0.05, 0.1) is 18.8 Å². The van der Waals surface area contributed by atoms with Gasteiger partial charge < -0.3 is 4.74 Å². The maximum Gasteiger partial charge on any atom is 0.306 e. The van der Waals surface area contributed by atoms with Crippen LogP contribution in [0.5, 0.6) is 0 Å². The Labute approximate surface area is 220 Å². The number of carbonyl (C=O) groups excluding carboxylic acids is 1. The molecule has 0 aliphatic heterocycles. The first-order valence-corrected chi connectivity index (χ1v) is 13.1. The molecule has 10 heteroatoms. The number of rotatable bonds is 11. The second-order valence-electron chi connectivity index (χ2n) is 10.6. The summed E-state index contributed by atoms with van der Waals surface area (Å²) in [6.45, 7) is 10.3. The Bertz CT molecular complexity index is 1150. The predicted octanol–water partition coefficient (Wildman–Crippen LogP) is 5.54. The summed E-state index contributed by atoms with van der Waals surface area (Å²) in [7, 11) is 0. The van der Waals surface area contributed by atoms with E-state index in [1.165, 1.54) is 4.80 Å². The highest BCUT2D eigenvalue weighted by Gasteiger charge is 2.29. The van der Waals surface area contributed by atoms with E-state index in [1.807, 2.05) is 52.8 Å². The maximum absolute atomic E-state index is 12.6. The molecule has 2 aromatic rings. The summed E-state index contributed by atoms with van der Waals surface area (Å²) in [5, 5.41) is 15.7. The average molecular weight is 508 g/mol. The van der Waals surface area contributed by atoms with Gasteiger partial charge in [-0.05, 0) is 59.5 Å². The third-order valence-corrected chi connectivity index (χ3v) is 7.42. The molecule has 1 heterocycles. The van der Waals surface area contributed by atoms with E-state index in [2.05, 4.69) is 42.9 Å². The molecule has 190 valence electrons. The normalized spacial score (nSPS) is 15.4. The van der Waals surface area contributed by atoms with Crippen molar-refractivity contribution in [1.29, 1.82) is 0 Å². The summed E-state index contributed by atoms with van der Waals surface area (Å²) in [4.78, 5) is 36.9. The lowest BCUT2D eigenvalue weighted by atomic mass is 9.83. The van der Waals surface area contributed by atoms with Crippen molar-refractivity contribution in [3.8, 4) is 5.69 Å². The molecule has 2 radical (unpaired) electrons. The molecule has 1 unspecified atom stereocenters. The molecule has 0 spiro atoms. The molecule has 1 atom stereocenters. The molecule has 36 heavy (non-hydrogen) atoms. The number of hydrogen-bond acceptors (Lipinski definition) is 8. The zero-order valence-electron chi connectivity index (χ0n) is 21.8. The zero-order valence-corrected chi connectivity index (χ0v) is 22.9. The van der Waals surface area contributed by atoms with Gasteiger partial charge in [0, 0.05) is 11.8 Å². The topological polar surface area (TPSA) is 116 Å². The predicted molar refractivity (Wildman–Crippen MR) is 141 cm³/mol. The first-order chi connectivity index (χ1) is 17.1. The fourth-order valence-corrected chi connectivity index (χ4v) is 4.63. The molecule has 0 saturated heterocycles. The van der Waals surface area contributed by atoms with Crippen molar-refractivity contribution in [2.75, 3.05) is 13.2 Å². The monoisotopic (exact) mass is 507 g/mol. The number of nitrogens with zero attached hydrogens (tertiary/aromatic N) is 5. The van der Waals surface area contributed by atoms with Crippen molar-refractivity contribution in [3.05, 3.63) is 50.5 Å². The van der Waals surface area contributed by atoms with E-state index in [0.717, 1.165) is 28.9 Å². The molecule has 3 rings (SSSR count). The largest absolute Gasteiger partial charge is 0.465 e. The summed E-state index contributed by atoms with van der Waals surface area (Å²) in [6, 6.07) is 3.75. The summed E-state index contributed by atoms with van der Waals surface area (Å²) < 4.78 is 5.83. The van der Waals surface area contributed by atoms with E-state index in [4.69, 9.17) is 4.74 Å². The maximum atomic E-state index is 12.6. The second-order valence-corrected chi connectivity index (χ2v) is 11.4. The van der Waals surface area contributed by atoms with Gasteiger partial charge in [0.15, 0.2) is 0 Å². The number of ether oxygens (including phenoxy) is 1. The quantitative estimate of drug-likeness (QED) is 0.224. The molecule has 0 saturated carbocycles. The Kier molecular flexibility index (Phi) is 8.96. The van der Waals surface area contributed by atoms with Crippen LogP contribution in [0.4, 0.5) is 5.69 Å². The number of esters is 1. The van der Waals surface area contributed by atoms with Gasteiger partial charge in [0.25, 0.3) is 0 Å². The number of allylic oxidation sites excluding steroid dienone is 1. The van der Waals surface area contributed by atoms with Gasteiger partial charge in [-0.25, -0.2) is 0 Å². The SMILES string of the molecule is CCC(CC)(CN=O)COC(=O)CCc1cc(-n2nc3c(n2)C[CH]([Al])C=C3)c(N=O)c(C(C)(C)C)c1. The lowest BCUT2D eigenvalue weighted by Crippen LogP contribution is -2.30. The standard InChI is InChI=1S/C26H34N5O4.Al/c1-6-26(7-2,16-27-33)17-35-23(32)13-12-18-14-19(25(3,4)5)24(30-34)22(15-18)31-28-20-10-8-9-11-21(20)29-31;/h8-10,14-15H,6-7,11-13,16-17H2,1-5H3;. The molecule has 0 amide bonds. The molecule has 1 aromatic heterocycles. The molecular formula is C26H34AlN5O4. The number of aryl methyl sites for hydroxylation is 1. The van der Waals surface area contributed by atoms with Crippen molar-refractivity contribution in [2.45, 2.75) is 76.9 Å². The van der Waals surface area contributed by atoms with Crippen molar-refractivity contribution in [3.63, 3.8) is 0 Å². The van der Waals surface area contributed by atoms with Crippen molar-refractivity contribution in [2.24, 2.45) is 15.8 Å². The van der Waals surface area contributed by atoms with Gasteiger partial charge in [-0.15, -0.1) is 14.8 Å². The summed E-state index contributed by atoms with van der Waals surface area (Å²) in [5.41, 5.74) is 3.27. The van der Waals surface area contributed by atoms with E-state index in [1.54, 1.807) is 0 Å². The van der Waals surface area contributed by atoms with Crippen LogP contribution in [0, 0.1) is 15.2 Å². The fourth-order valence-electron chi connectivity index (χ4n) is 4.29. The zero-order chi connectivity index (χ0) is 26.5. The first kappa shape index (κ1) is 27.9. The third-order valence-electron chi connectivity index (χ3n) is 6.97. The first-order valence-electron chi connectivity index (χ1n) is 12.4. The van der Waals surface area contributed by atoms with Crippen LogP contribution in [-0.2, 0) is 27.8 Å². The van der Waals surface area contributed by atoms with Gasteiger partial charge in [0.2, 0.25) is 0 Å². The highest BCUT2D eigenvalue weighted by Crippen LogP contribution is 2.38. The molecule has 0 bridgehead atoms. The van der Waals surface area contributed by atoms with E-state index in [-0.39, 0.29) is 35.7 Å². The lowest BCUT2D eigenvalue weighted by molar-refractivity contribution is -0.147. The molecule has 9 nitrogen and oxygen atoms in total. The van der Waals surface area contributed by atoms with Crippen LogP contribution in [-0.4, -0.2) is 50.4 Å². The van der Waals surface area contributed by atoms with E-state index < -0.39 is 5.41 Å². The summed E-state index contributed by atoms with van der Waals surface area (Å²) in [6.07, 6.45) is 6.72.